The molecule has 0 bridgehead atoms. The van der Waals surface area contributed by atoms with Crippen LogP contribution in [0.3, 0.4) is 0 Å². The van der Waals surface area contributed by atoms with Gasteiger partial charge in [-0.2, -0.15) is 0 Å². The molecule has 3 unspecified atom stereocenters. The van der Waals surface area contributed by atoms with Gasteiger partial charge >= 0.3 is 0 Å². The van der Waals surface area contributed by atoms with Crippen LogP contribution in [-0.4, -0.2) is 30.1 Å². The highest BCUT2D eigenvalue weighted by Gasteiger charge is 2.37. The summed E-state index contributed by atoms with van der Waals surface area (Å²) in [6.07, 6.45) is 8.30. The third-order valence-electron chi connectivity index (χ3n) is 4.56. The molecule has 0 amide bonds. The molecule has 3 heteroatoms. The number of hydrogen-bond donors (Lipinski definition) is 1. The highest BCUT2D eigenvalue weighted by atomic mass is 16.3. The lowest BCUT2D eigenvalue weighted by Crippen LogP contribution is -2.45. The molecule has 0 spiro atoms. The van der Waals surface area contributed by atoms with Gasteiger partial charge in [-0.1, -0.05) is 6.92 Å². The summed E-state index contributed by atoms with van der Waals surface area (Å²) in [7, 11) is 0. The maximum atomic E-state index is 5.65. The van der Waals surface area contributed by atoms with Crippen molar-refractivity contribution in [1.82, 2.24) is 10.2 Å². The summed E-state index contributed by atoms with van der Waals surface area (Å²) in [5.74, 6) is 1.14. The van der Waals surface area contributed by atoms with Crippen LogP contribution in [0, 0.1) is 0 Å². The first-order chi connectivity index (χ1) is 8.90. The molecule has 1 aromatic heterocycles. The fraction of sp³-hybridized carbons (Fsp3) is 0.733. The fourth-order valence-electron chi connectivity index (χ4n) is 3.75. The normalized spacial score (nSPS) is 30.9. The van der Waals surface area contributed by atoms with E-state index in [1.807, 2.05) is 6.07 Å². The molecule has 3 nitrogen and oxygen atoms in total. The van der Waals surface area contributed by atoms with Crippen LogP contribution in [0.25, 0.3) is 0 Å². The Morgan fingerprint density at radius 2 is 2.39 bits per heavy atom. The molecule has 2 fully saturated rings. The van der Waals surface area contributed by atoms with Gasteiger partial charge in [0.25, 0.3) is 0 Å². The van der Waals surface area contributed by atoms with Crippen molar-refractivity contribution in [2.75, 3.05) is 13.1 Å². The lowest BCUT2D eigenvalue weighted by atomic mass is 10.0. The van der Waals surface area contributed by atoms with E-state index < -0.39 is 0 Å². The molecule has 0 aromatic carbocycles. The molecule has 1 aromatic rings. The summed E-state index contributed by atoms with van der Waals surface area (Å²) in [6.45, 7) is 4.69. The maximum Gasteiger partial charge on any atom is 0.120 e. The number of rotatable bonds is 4. The first kappa shape index (κ1) is 12.2. The highest BCUT2D eigenvalue weighted by molar-refractivity contribution is 5.07. The Bertz CT molecular complexity index is 357. The van der Waals surface area contributed by atoms with Crippen molar-refractivity contribution < 1.29 is 4.42 Å². The summed E-state index contributed by atoms with van der Waals surface area (Å²) in [5, 5.41) is 3.68. The van der Waals surface area contributed by atoms with Gasteiger partial charge in [0.05, 0.1) is 12.3 Å². The SMILES string of the molecule is CCC(c1ccco1)N1CCCC1C1CCCN1. The minimum Gasteiger partial charge on any atom is -0.468 e. The molecule has 1 N–H and O–H groups in total. The molecule has 3 rings (SSSR count). The third kappa shape index (κ3) is 2.21. The summed E-state index contributed by atoms with van der Waals surface area (Å²) < 4.78 is 5.65. The average molecular weight is 248 g/mol. The first-order valence-corrected chi connectivity index (χ1v) is 7.42. The molecule has 2 aliphatic rings. The average Bonchev–Trinajstić information content (AvgIpc) is 3.13. The molecule has 2 aliphatic heterocycles. The van der Waals surface area contributed by atoms with E-state index in [0.29, 0.717) is 18.1 Å². The number of hydrogen-bond acceptors (Lipinski definition) is 3. The van der Waals surface area contributed by atoms with Gasteiger partial charge in [0.1, 0.15) is 5.76 Å². The molecule has 100 valence electrons. The molecular weight excluding hydrogens is 224 g/mol. The number of likely N-dealkylation sites (tertiary alicyclic amines) is 1. The van der Waals surface area contributed by atoms with E-state index in [4.69, 9.17) is 4.42 Å². The van der Waals surface area contributed by atoms with Gasteiger partial charge in [-0.05, 0) is 57.3 Å². The van der Waals surface area contributed by atoms with Gasteiger partial charge in [0.15, 0.2) is 0 Å². The van der Waals surface area contributed by atoms with E-state index in [2.05, 4.69) is 23.2 Å². The predicted octanol–water partition coefficient (Wildman–Crippen LogP) is 2.95. The minimum atomic E-state index is 0.467. The topological polar surface area (TPSA) is 28.4 Å². The van der Waals surface area contributed by atoms with Crippen molar-refractivity contribution in [3.05, 3.63) is 24.2 Å². The van der Waals surface area contributed by atoms with Crippen molar-refractivity contribution in [3.63, 3.8) is 0 Å². The predicted molar refractivity (Wildman–Crippen MR) is 72.5 cm³/mol. The largest absolute Gasteiger partial charge is 0.468 e. The van der Waals surface area contributed by atoms with Gasteiger partial charge in [0, 0.05) is 12.1 Å². The highest BCUT2D eigenvalue weighted by Crippen LogP contribution is 2.34. The molecular formula is C15H24N2O. The standard InChI is InChI=1S/C15H24N2O/c1-2-13(15-8-5-11-18-15)17-10-4-7-14(17)12-6-3-9-16-12/h5,8,11-14,16H,2-4,6-7,9-10H2,1H3. The second-order valence-corrected chi connectivity index (χ2v) is 5.59. The first-order valence-electron chi connectivity index (χ1n) is 7.42. The van der Waals surface area contributed by atoms with E-state index in [-0.39, 0.29) is 0 Å². The molecule has 2 saturated heterocycles. The van der Waals surface area contributed by atoms with Gasteiger partial charge in [-0.3, -0.25) is 4.90 Å². The lowest BCUT2D eigenvalue weighted by Gasteiger charge is -2.34. The second kappa shape index (κ2) is 5.45. The third-order valence-corrected chi connectivity index (χ3v) is 4.56. The van der Waals surface area contributed by atoms with E-state index in [9.17, 15) is 0 Å². The Kier molecular flexibility index (Phi) is 3.71. The second-order valence-electron chi connectivity index (χ2n) is 5.59. The van der Waals surface area contributed by atoms with Gasteiger partial charge < -0.3 is 9.73 Å². The Morgan fingerprint density at radius 1 is 1.44 bits per heavy atom. The number of nitrogens with one attached hydrogen (secondary N) is 1. The quantitative estimate of drug-likeness (QED) is 0.888. The smallest absolute Gasteiger partial charge is 0.120 e. The van der Waals surface area contributed by atoms with Crippen LogP contribution in [0.1, 0.15) is 50.8 Å². The Balaban J connectivity index is 1.76. The van der Waals surface area contributed by atoms with Crippen LogP contribution in [0.4, 0.5) is 0 Å². The zero-order valence-electron chi connectivity index (χ0n) is 11.3. The summed E-state index contributed by atoms with van der Waals surface area (Å²) in [5.41, 5.74) is 0. The van der Waals surface area contributed by atoms with Crippen molar-refractivity contribution in [1.29, 1.82) is 0 Å². The van der Waals surface area contributed by atoms with Crippen LogP contribution in [0.2, 0.25) is 0 Å². The molecule has 0 aliphatic carbocycles. The van der Waals surface area contributed by atoms with E-state index in [1.54, 1.807) is 6.26 Å². The molecule has 3 heterocycles. The van der Waals surface area contributed by atoms with Crippen molar-refractivity contribution >= 4 is 0 Å². The molecule has 0 radical (unpaired) electrons. The maximum absolute atomic E-state index is 5.65. The summed E-state index contributed by atoms with van der Waals surface area (Å²) in [4.78, 5) is 2.68. The zero-order valence-corrected chi connectivity index (χ0v) is 11.3. The van der Waals surface area contributed by atoms with E-state index in [0.717, 1.165) is 12.2 Å². The van der Waals surface area contributed by atoms with Gasteiger partial charge in [0.2, 0.25) is 0 Å². The van der Waals surface area contributed by atoms with Crippen LogP contribution in [0.15, 0.2) is 22.8 Å². The Hall–Kier alpha value is -0.800. The van der Waals surface area contributed by atoms with Gasteiger partial charge in [-0.25, -0.2) is 0 Å². The summed E-state index contributed by atoms with van der Waals surface area (Å²) >= 11 is 0. The lowest BCUT2D eigenvalue weighted by molar-refractivity contribution is 0.132. The Morgan fingerprint density at radius 3 is 3.06 bits per heavy atom. The van der Waals surface area contributed by atoms with Crippen molar-refractivity contribution in [3.8, 4) is 0 Å². The van der Waals surface area contributed by atoms with Crippen molar-refractivity contribution in [2.45, 2.75) is 57.2 Å². The fourth-order valence-corrected chi connectivity index (χ4v) is 3.75. The van der Waals surface area contributed by atoms with Crippen molar-refractivity contribution in [2.24, 2.45) is 0 Å². The van der Waals surface area contributed by atoms with E-state index in [1.165, 1.54) is 38.8 Å². The Labute approximate surface area is 110 Å². The monoisotopic (exact) mass is 248 g/mol. The zero-order chi connectivity index (χ0) is 12.4. The number of furan rings is 1. The summed E-state index contributed by atoms with van der Waals surface area (Å²) in [6, 6.07) is 6.02. The van der Waals surface area contributed by atoms with E-state index >= 15 is 0 Å². The van der Waals surface area contributed by atoms with Crippen LogP contribution < -0.4 is 5.32 Å². The molecule has 0 saturated carbocycles. The molecule has 18 heavy (non-hydrogen) atoms. The van der Waals surface area contributed by atoms with Crippen LogP contribution >= 0.6 is 0 Å². The van der Waals surface area contributed by atoms with Crippen LogP contribution in [0.5, 0.6) is 0 Å². The molecule has 3 atom stereocenters. The van der Waals surface area contributed by atoms with Crippen LogP contribution in [-0.2, 0) is 0 Å². The van der Waals surface area contributed by atoms with Gasteiger partial charge in [-0.15, -0.1) is 0 Å². The minimum absolute atomic E-state index is 0.467. The number of nitrogens with zero attached hydrogens (tertiary/aromatic N) is 1.